The van der Waals surface area contributed by atoms with Crippen molar-refractivity contribution < 1.29 is 4.42 Å². The Labute approximate surface area is 199 Å². The molecule has 0 aliphatic rings. The highest BCUT2D eigenvalue weighted by Gasteiger charge is 2.24. The van der Waals surface area contributed by atoms with Gasteiger partial charge in [0.1, 0.15) is 11.2 Å². The third-order valence-corrected chi connectivity index (χ3v) is 6.86. The maximum Gasteiger partial charge on any atom is 0.144 e. The van der Waals surface area contributed by atoms with Crippen molar-refractivity contribution >= 4 is 21.9 Å². The Morgan fingerprint density at radius 1 is 0.618 bits per heavy atom. The Morgan fingerprint density at radius 2 is 1.38 bits per heavy atom. The molecule has 164 valence electrons. The van der Waals surface area contributed by atoms with Gasteiger partial charge >= 0.3 is 0 Å². The van der Waals surface area contributed by atoms with Crippen molar-refractivity contribution in [3.05, 3.63) is 127 Å². The molecule has 0 N–H and O–H groups in total. The number of benzene rings is 4. The molecule has 0 bridgehead atoms. The van der Waals surface area contributed by atoms with Crippen LogP contribution >= 0.6 is 0 Å². The molecule has 0 amide bonds. The van der Waals surface area contributed by atoms with Gasteiger partial charge in [-0.1, -0.05) is 92.7 Å². The molecule has 0 saturated heterocycles. The van der Waals surface area contributed by atoms with E-state index in [0.29, 0.717) is 0 Å². The average Bonchev–Trinajstić information content (AvgIpc) is 3.28. The molecular weight excluding hydrogens is 414 g/mol. The molecule has 0 radical (unpaired) electrons. The Morgan fingerprint density at radius 3 is 2.18 bits per heavy atom. The number of aromatic nitrogens is 1. The van der Waals surface area contributed by atoms with Gasteiger partial charge in [-0.05, 0) is 52.6 Å². The Balaban J connectivity index is 1.48. The molecule has 0 saturated carbocycles. The van der Waals surface area contributed by atoms with Crippen molar-refractivity contribution in [1.82, 2.24) is 4.98 Å². The lowest BCUT2D eigenvalue weighted by molar-refractivity contribution is 0.640. The first kappa shape index (κ1) is 20.4. The smallest absolute Gasteiger partial charge is 0.144 e. The van der Waals surface area contributed by atoms with E-state index in [9.17, 15) is 0 Å². The minimum Gasteiger partial charge on any atom is -0.455 e. The largest absolute Gasteiger partial charge is 0.455 e. The van der Waals surface area contributed by atoms with E-state index in [-0.39, 0.29) is 5.41 Å². The van der Waals surface area contributed by atoms with Crippen LogP contribution in [0.2, 0.25) is 0 Å². The molecule has 6 aromatic rings. The first-order valence-corrected chi connectivity index (χ1v) is 11.6. The molecule has 6 rings (SSSR count). The van der Waals surface area contributed by atoms with Crippen LogP contribution in [0.4, 0.5) is 0 Å². The summed E-state index contributed by atoms with van der Waals surface area (Å²) in [5.74, 6) is 0. The average molecular weight is 440 g/mol. The molecule has 34 heavy (non-hydrogen) atoms. The van der Waals surface area contributed by atoms with E-state index in [0.717, 1.165) is 38.8 Å². The van der Waals surface area contributed by atoms with Crippen LogP contribution in [0.25, 0.3) is 44.3 Å². The molecule has 0 aliphatic carbocycles. The number of furan rings is 1. The molecule has 0 atom stereocenters. The molecular formula is C32H25NO. The Kier molecular flexibility index (Phi) is 4.81. The van der Waals surface area contributed by atoms with Crippen molar-refractivity contribution in [2.24, 2.45) is 0 Å². The van der Waals surface area contributed by atoms with Gasteiger partial charge in [-0.3, -0.25) is 4.98 Å². The minimum atomic E-state index is -0.134. The maximum atomic E-state index is 6.47. The maximum absolute atomic E-state index is 6.47. The summed E-state index contributed by atoms with van der Waals surface area (Å²) in [5, 5.41) is 2.24. The second kappa shape index (κ2) is 8.00. The third-order valence-electron chi connectivity index (χ3n) is 6.86. The fourth-order valence-electron chi connectivity index (χ4n) is 4.80. The van der Waals surface area contributed by atoms with Crippen LogP contribution in [0.15, 0.2) is 120 Å². The van der Waals surface area contributed by atoms with Gasteiger partial charge < -0.3 is 4.42 Å². The molecule has 0 fully saturated rings. The molecule has 0 aliphatic heterocycles. The first-order valence-electron chi connectivity index (χ1n) is 11.6. The zero-order valence-corrected chi connectivity index (χ0v) is 19.3. The Hall–Kier alpha value is -4.17. The minimum absolute atomic E-state index is 0.134. The molecule has 0 spiro atoms. The lowest BCUT2D eigenvalue weighted by Gasteiger charge is -2.26. The van der Waals surface area contributed by atoms with E-state index >= 15 is 0 Å². The fourth-order valence-corrected chi connectivity index (χ4v) is 4.80. The number of hydrogen-bond donors (Lipinski definition) is 0. The highest BCUT2D eigenvalue weighted by atomic mass is 16.3. The summed E-state index contributed by atoms with van der Waals surface area (Å²) in [6.45, 7) is 4.52. The van der Waals surface area contributed by atoms with Crippen LogP contribution in [0.3, 0.4) is 0 Å². The van der Waals surface area contributed by atoms with Crippen LogP contribution < -0.4 is 0 Å². The van der Waals surface area contributed by atoms with Crippen LogP contribution in [0.1, 0.15) is 25.0 Å². The summed E-state index contributed by atoms with van der Waals surface area (Å²) in [6.07, 6.45) is 1.91. The van der Waals surface area contributed by atoms with Crippen molar-refractivity contribution in [3.8, 4) is 22.4 Å². The summed E-state index contributed by atoms with van der Waals surface area (Å²) in [6, 6.07) is 38.1. The summed E-state index contributed by atoms with van der Waals surface area (Å²) >= 11 is 0. The Bertz CT molecular complexity index is 1610. The van der Waals surface area contributed by atoms with Crippen molar-refractivity contribution in [2.75, 3.05) is 0 Å². The third kappa shape index (κ3) is 3.39. The van der Waals surface area contributed by atoms with Gasteiger partial charge in [-0.25, -0.2) is 0 Å². The predicted molar refractivity (Wildman–Crippen MR) is 141 cm³/mol. The van der Waals surface area contributed by atoms with E-state index in [1.54, 1.807) is 0 Å². The molecule has 2 nitrogen and oxygen atoms in total. The van der Waals surface area contributed by atoms with E-state index < -0.39 is 0 Å². The number of rotatable bonds is 4. The van der Waals surface area contributed by atoms with Crippen molar-refractivity contribution in [1.29, 1.82) is 0 Å². The first-order chi connectivity index (χ1) is 16.6. The zero-order chi connectivity index (χ0) is 23.1. The number of hydrogen-bond acceptors (Lipinski definition) is 2. The molecule has 2 heterocycles. The highest BCUT2D eigenvalue weighted by molar-refractivity contribution is 6.10. The monoisotopic (exact) mass is 439 g/mol. The van der Waals surface area contributed by atoms with E-state index in [1.807, 2.05) is 12.3 Å². The van der Waals surface area contributed by atoms with Crippen LogP contribution in [-0.4, -0.2) is 4.98 Å². The lowest BCUT2D eigenvalue weighted by Crippen LogP contribution is -2.18. The van der Waals surface area contributed by atoms with E-state index in [1.165, 1.54) is 16.7 Å². The second-order valence-electron chi connectivity index (χ2n) is 9.28. The summed E-state index contributed by atoms with van der Waals surface area (Å²) in [7, 11) is 0. The molecule has 0 unspecified atom stereocenters. The topological polar surface area (TPSA) is 26.0 Å². The van der Waals surface area contributed by atoms with Gasteiger partial charge in [0.05, 0.1) is 5.69 Å². The van der Waals surface area contributed by atoms with Crippen LogP contribution in [0, 0.1) is 0 Å². The van der Waals surface area contributed by atoms with Gasteiger partial charge in [0.2, 0.25) is 0 Å². The highest BCUT2D eigenvalue weighted by Crippen LogP contribution is 2.38. The normalized spacial score (nSPS) is 11.8. The van der Waals surface area contributed by atoms with Gasteiger partial charge in [-0.15, -0.1) is 0 Å². The van der Waals surface area contributed by atoms with Crippen molar-refractivity contribution in [3.63, 3.8) is 0 Å². The summed E-state index contributed by atoms with van der Waals surface area (Å²) in [4.78, 5) is 4.74. The predicted octanol–water partition coefficient (Wildman–Crippen LogP) is 8.64. The molecule has 4 aromatic carbocycles. The molecule has 2 heteroatoms. The van der Waals surface area contributed by atoms with Gasteiger partial charge in [0, 0.05) is 27.9 Å². The standard InChI is InChI=1S/C32H25NO/c1-32(2,24-12-7-4-8-13-24)25-18-19-33-29(21-25)28-15-9-14-27-26-17-16-23(20-30(26)34-31(27)28)22-10-5-3-6-11-22/h3-21H,1-2H3. The zero-order valence-electron chi connectivity index (χ0n) is 19.3. The van der Waals surface area contributed by atoms with Gasteiger partial charge in [0.25, 0.3) is 0 Å². The summed E-state index contributed by atoms with van der Waals surface area (Å²) < 4.78 is 6.47. The SMILES string of the molecule is CC(C)(c1ccccc1)c1ccnc(-c2cccc3c2oc2cc(-c4ccccc4)ccc23)c1. The fraction of sp³-hybridized carbons (Fsp3) is 0.0938. The van der Waals surface area contributed by atoms with Crippen molar-refractivity contribution in [2.45, 2.75) is 19.3 Å². The number of pyridine rings is 1. The number of nitrogens with zero attached hydrogens (tertiary/aromatic N) is 1. The van der Waals surface area contributed by atoms with E-state index in [4.69, 9.17) is 9.40 Å². The van der Waals surface area contributed by atoms with Crippen LogP contribution in [-0.2, 0) is 5.41 Å². The van der Waals surface area contributed by atoms with Gasteiger partial charge in [-0.2, -0.15) is 0 Å². The number of para-hydroxylation sites is 1. The lowest BCUT2D eigenvalue weighted by atomic mass is 9.78. The number of fused-ring (bicyclic) bond motifs is 3. The summed E-state index contributed by atoms with van der Waals surface area (Å²) in [5.41, 5.74) is 8.42. The van der Waals surface area contributed by atoms with E-state index in [2.05, 4.69) is 117 Å². The second-order valence-corrected chi connectivity index (χ2v) is 9.28. The quantitative estimate of drug-likeness (QED) is 0.275. The van der Waals surface area contributed by atoms with Crippen LogP contribution in [0.5, 0.6) is 0 Å². The van der Waals surface area contributed by atoms with Gasteiger partial charge in [0.15, 0.2) is 0 Å². The molecule has 2 aromatic heterocycles.